The van der Waals surface area contributed by atoms with E-state index in [1.165, 1.54) is 4.90 Å². The van der Waals surface area contributed by atoms with Gasteiger partial charge >= 0.3 is 0 Å². The van der Waals surface area contributed by atoms with E-state index in [4.69, 9.17) is 10.7 Å². The van der Waals surface area contributed by atoms with E-state index < -0.39 is 14.3 Å². The molecule has 1 heterocycles. The van der Waals surface area contributed by atoms with E-state index in [1.54, 1.807) is 6.92 Å². The highest BCUT2D eigenvalue weighted by Gasteiger charge is 2.36. The third kappa shape index (κ3) is 1.90. The summed E-state index contributed by atoms with van der Waals surface area (Å²) in [5.74, 6) is -0.133. The number of hydrogen-bond donors (Lipinski definition) is 0. The van der Waals surface area contributed by atoms with Gasteiger partial charge in [0.2, 0.25) is 15.0 Å². The fourth-order valence-electron chi connectivity index (χ4n) is 1.23. The molecular formula is C6H10ClNO3S. The Balaban J connectivity index is 2.73. The lowest BCUT2D eigenvalue weighted by Crippen LogP contribution is -2.26. The number of rotatable bonds is 2. The molecule has 1 aliphatic heterocycles. The van der Waals surface area contributed by atoms with Gasteiger partial charge in [-0.1, -0.05) is 0 Å². The molecule has 0 spiro atoms. The molecule has 1 aliphatic rings. The average Bonchev–Trinajstić information content (AvgIpc) is 2.29. The number of hydrogen-bond acceptors (Lipinski definition) is 3. The van der Waals surface area contributed by atoms with Gasteiger partial charge in [-0.3, -0.25) is 4.79 Å². The predicted octanol–water partition coefficient (Wildman–Crippen LogP) is 0.176. The van der Waals surface area contributed by atoms with Gasteiger partial charge in [-0.25, -0.2) is 8.42 Å². The van der Waals surface area contributed by atoms with Crippen LogP contribution in [0.1, 0.15) is 13.3 Å². The maximum absolute atomic E-state index is 11.1. The predicted molar refractivity (Wildman–Crippen MR) is 45.4 cm³/mol. The van der Waals surface area contributed by atoms with Gasteiger partial charge in [-0.15, -0.1) is 0 Å². The molecule has 0 saturated carbocycles. The molecule has 0 N–H and O–H groups in total. The Bertz CT molecular complexity index is 287. The fourth-order valence-corrected chi connectivity index (χ4v) is 2.29. The normalized spacial score (nSPS) is 25.0. The molecule has 0 aromatic rings. The van der Waals surface area contributed by atoms with Crippen molar-refractivity contribution in [3.63, 3.8) is 0 Å². The third-order valence-corrected chi connectivity index (χ3v) is 3.83. The topological polar surface area (TPSA) is 54.5 Å². The molecule has 12 heavy (non-hydrogen) atoms. The Hall–Kier alpha value is -0.290. The monoisotopic (exact) mass is 211 g/mol. The fraction of sp³-hybridized carbons (Fsp3) is 0.833. The molecule has 1 atom stereocenters. The zero-order valence-electron chi connectivity index (χ0n) is 6.66. The van der Waals surface area contributed by atoms with Gasteiger partial charge in [0.1, 0.15) is 5.25 Å². The van der Waals surface area contributed by atoms with Gasteiger partial charge in [0, 0.05) is 30.2 Å². The first-order chi connectivity index (χ1) is 5.45. The number of likely N-dealkylation sites (tertiary alicyclic amines) is 1. The van der Waals surface area contributed by atoms with Crippen molar-refractivity contribution in [2.75, 3.05) is 13.1 Å². The summed E-state index contributed by atoms with van der Waals surface area (Å²) in [6.45, 7) is 2.59. The first kappa shape index (κ1) is 9.80. The lowest BCUT2D eigenvalue weighted by molar-refractivity contribution is -0.127. The summed E-state index contributed by atoms with van der Waals surface area (Å²) < 4.78 is 21.7. The molecule has 0 aromatic carbocycles. The molecule has 1 amide bonds. The van der Waals surface area contributed by atoms with Crippen molar-refractivity contribution in [2.24, 2.45) is 0 Å². The van der Waals surface area contributed by atoms with Gasteiger partial charge in [-0.05, 0) is 6.92 Å². The van der Waals surface area contributed by atoms with Crippen molar-refractivity contribution in [2.45, 2.75) is 18.6 Å². The largest absolute Gasteiger partial charge is 0.342 e. The minimum absolute atomic E-state index is 0.0275. The molecule has 4 nitrogen and oxygen atoms in total. The van der Waals surface area contributed by atoms with Crippen LogP contribution >= 0.6 is 10.7 Å². The van der Waals surface area contributed by atoms with Gasteiger partial charge in [0.25, 0.3) is 0 Å². The maximum Gasteiger partial charge on any atom is 0.237 e. The Labute approximate surface area is 75.9 Å². The van der Waals surface area contributed by atoms with Crippen LogP contribution in [-0.4, -0.2) is 37.6 Å². The molecule has 6 heteroatoms. The lowest BCUT2D eigenvalue weighted by Gasteiger charge is -2.11. The van der Waals surface area contributed by atoms with Gasteiger partial charge in [0.05, 0.1) is 0 Å². The van der Waals surface area contributed by atoms with E-state index in [1.807, 2.05) is 0 Å². The van der Waals surface area contributed by atoms with Crippen molar-refractivity contribution in [1.82, 2.24) is 4.90 Å². The second kappa shape index (κ2) is 3.22. The Morgan fingerprint density at radius 3 is 2.50 bits per heavy atom. The van der Waals surface area contributed by atoms with Crippen molar-refractivity contribution < 1.29 is 13.2 Å². The second-order valence-corrected chi connectivity index (χ2v) is 5.64. The van der Waals surface area contributed by atoms with Crippen molar-refractivity contribution in [3.05, 3.63) is 0 Å². The van der Waals surface area contributed by atoms with Gasteiger partial charge < -0.3 is 4.90 Å². The highest BCUT2D eigenvalue weighted by molar-refractivity contribution is 8.14. The first-order valence-corrected chi connectivity index (χ1v) is 6.03. The molecule has 1 rings (SSSR count). The van der Waals surface area contributed by atoms with E-state index >= 15 is 0 Å². The van der Waals surface area contributed by atoms with Crippen LogP contribution in [-0.2, 0) is 13.8 Å². The minimum atomic E-state index is -3.57. The molecule has 1 saturated heterocycles. The van der Waals surface area contributed by atoms with Crippen molar-refractivity contribution in [1.29, 1.82) is 0 Å². The second-order valence-electron chi connectivity index (χ2n) is 2.73. The molecule has 1 unspecified atom stereocenters. The van der Waals surface area contributed by atoms with Crippen LogP contribution in [0.3, 0.4) is 0 Å². The van der Waals surface area contributed by atoms with E-state index in [0.717, 1.165) is 0 Å². The summed E-state index contributed by atoms with van der Waals surface area (Å²) in [4.78, 5) is 12.6. The summed E-state index contributed by atoms with van der Waals surface area (Å²) >= 11 is 0. The zero-order valence-corrected chi connectivity index (χ0v) is 8.23. The number of halogens is 1. The van der Waals surface area contributed by atoms with Crippen LogP contribution in [0.25, 0.3) is 0 Å². The zero-order chi connectivity index (χ0) is 9.35. The quantitative estimate of drug-likeness (QED) is 0.613. The number of nitrogens with zero attached hydrogens (tertiary/aromatic N) is 1. The SMILES string of the molecule is CCN1CC(S(=O)(=O)Cl)CC1=O. The molecule has 0 aliphatic carbocycles. The molecule has 0 bridgehead atoms. The number of carbonyl (C=O) groups excluding carboxylic acids is 1. The number of amides is 1. The lowest BCUT2D eigenvalue weighted by atomic mass is 10.4. The van der Waals surface area contributed by atoms with E-state index in [0.29, 0.717) is 6.54 Å². The van der Waals surface area contributed by atoms with Crippen molar-refractivity contribution in [3.8, 4) is 0 Å². The summed E-state index contributed by atoms with van der Waals surface area (Å²) in [5.41, 5.74) is 0. The third-order valence-electron chi connectivity index (χ3n) is 1.96. The Kier molecular flexibility index (Phi) is 2.63. The summed E-state index contributed by atoms with van der Waals surface area (Å²) in [6, 6.07) is 0. The van der Waals surface area contributed by atoms with Crippen LogP contribution in [0, 0.1) is 0 Å². The molecule has 0 radical (unpaired) electrons. The minimum Gasteiger partial charge on any atom is -0.342 e. The Morgan fingerprint density at radius 1 is 1.67 bits per heavy atom. The van der Waals surface area contributed by atoms with E-state index in [9.17, 15) is 13.2 Å². The average molecular weight is 212 g/mol. The summed E-state index contributed by atoms with van der Waals surface area (Å²) in [5, 5.41) is -0.716. The van der Waals surface area contributed by atoms with Crippen LogP contribution in [0.5, 0.6) is 0 Å². The van der Waals surface area contributed by atoms with Gasteiger partial charge in [0.15, 0.2) is 0 Å². The number of carbonyl (C=O) groups is 1. The molecule has 0 aromatic heterocycles. The smallest absolute Gasteiger partial charge is 0.237 e. The standard InChI is InChI=1S/C6H10ClNO3S/c1-2-8-4-5(3-6(8)9)12(7,10)11/h5H,2-4H2,1H3. The van der Waals surface area contributed by atoms with E-state index in [2.05, 4.69) is 0 Å². The van der Waals surface area contributed by atoms with Crippen molar-refractivity contribution >= 4 is 25.6 Å². The van der Waals surface area contributed by atoms with Crippen LogP contribution in [0.15, 0.2) is 0 Å². The molecule has 70 valence electrons. The summed E-state index contributed by atoms with van der Waals surface area (Å²) in [6.07, 6.45) is 0.0275. The van der Waals surface area contributed by atoms with Gasteiger partial charge in [-0.2, -0.15) is 0 Å². The molecule has 1 fully saturated rings. The highest BCUT2D eigenvalue weighted by atomic mass is 35.7. The summed E-state index contributed by atoms with van der Waals surface area (Å²) in [7, 11) is 1.55. The molecular weight excluding hydrogens is 202 g/mol. The maximum atomic E-state index is 11.1. The van der Waals surface area contributed by atoms with Crippen LogP contribution in [0.4, 0.5) is 0 Å². The van der Waals surface area contributed by atoms with Crippen LogP contribution in [0.2, 0.25) is 0 Å². The van der Waals surface area contributed by atoms with Crippen LogP contribution < -0.4 is 0 Å². The first-order valence-electron chi connectivity index (χ1n) is 3.66. The Morgan fingerprint density at radius 2 is 2.25 bits per heavy atom. The van der Waals surface area contributed by atoms with E-state index in [-0.39, 0.29) is 18.9 Å². The highest BCUT2D eigenvalue weighted by Crippen LogP contribution is 2.20.